The number of rotatable bonds is 6. The molecule has 0 unspecified atom stereocenters. The summed E-state index contributed by atoms with van der Waals surface area (Å²) in [5.74, 6) is 0.597. The first-order valence-corrected chi connectivity index (χ1v) is 9.96. The molecule has 4 heterocycles. The van der Waals surface area contributed by atoms with E-state index in [1.54, 1.807) is 36.7 Å². The van der Waals surface area contributed by atoms with Crippen LogP contribution >= 0.6 is 0 Å². The molecule has 0 saturated heterocycles. The topological polar surface area (TPSA) is 97.2 Å². The first-order valence-electron chi connectivity index (χ1n) is 9.96. The molecule has 162 valence electrons. The van der Waals surface area contributed by atoms with Gasteiger partial charge in [0.25, 0.3) is 5.56 Å². The number of nitrogens with one attached hydrogen (secondary N) is 1. The molecule has 0 fully saturated rings. The maximum Gasteiger partial charge on any atom is 0.258 e. The van der Waals surface area contributed by atoms with Crippen molar-refractivity contribution in [3.05, 3.63) is 82.2 Å². The van der Waals surface area contributed by atoms with E-state index in [1.807, 2.05) is 6.07 Å². The number of hydrogen-bond acceptors (Lipinski definition) is 6. The van der Waals surface area contributed by atoms with Gasteiger partial charge in [0.1, 0.15) is 11.9 Å². The molecule has 0 radical (unpaired) electrons. The Balaban J connectivity index is 1.78. The van der Waals surface area contributed by atoms with E-state index in [9.17, 15) is 14.4 Å². The van der Waals surface area contributed by atoms with Gasteiger partial charge in [-0.2, -0.15) is 5.26 Å². The van der Waals surface area contributed by atoms with Gasteiger partial charge in [-0.15, -0.1) is 0 Å². The Morgan fingerprint density at radius 1 is 1.47 bits per heavy atom. The molecule has 0 amide bonds. The summed E-state index contributed by atoms with van der Waals surface area (Å²) in [6.07, 6.45) is 6.48. The lowest BCUT2D eigenvalue weighted by Crippen LogP contribution is -2.18. The van der Waals surface area contributed by atoms with Crippen LogP contribution in [0.25, 0.3) is 16.8 Å². The van der Waals surface area contributed by atoms with E-state index >= 15 is 0 Å². The molecule has 8 nitrogen and oxygen atoms in total. The number of anilines is 1. The summed E-state index contributed by atoms with van der Waals surface area (Å²) < 4.78 is 23.1. The van der Waals surface area contributed by atoms with Gasteiger partial charge in [-0.05, 0) is 25.1 Å². The van der Waals surface area contributed by atoms with Crippen LogP contribution in [-0.4, -0.2) is 32.1 Å². The highest BCUT2D eigenvalue weighted by atomic mass is 19.1. The number of halogens is 1. The molecule has 0 spiro atoms. The summed E-state index contributed by atoms with van der Waals surface area (Å²) in [7, 11) is 1.66. The quantitative estimate of drug-likeness (QED) is 0.599. The standard InChI is InChI=1S/C23H21FN6O2/c1-4-20(24)18(16-7-9-32-14(16)2)11-26-23-27-12-19(17-6-5-8-29(3)22(17)31)21-28-15(10-25)13-30(21)23/h4-6,8,12-13H,1,7,9,11H2,2-3H3,(H,26,27)/b20-18+. The van der Waals surface area contributed by atoms with Crippen LogP contribution < -0.4 is 10.9 Å². The number of pyridine rings is 1. The molecule has 3 aromatic heterocycles. The Labute approximate surface area is 183 Å². The second-order valence-corrected chi connectivity index (χ2v) is 7.28. The fourth-order valence-corrected chi connectivity index (χ4v) is 3.71. The van der Waals surface area contributed by atoms with Crippen molar-refractivity contribution < 1.29 is 9.13 Å². The van der Waals surface area contributed by atoms with Gasteiger partial charge in [0.05, 0.1) is 24.1 Å². The van der Waals surface area contributed by atoms with Gasteiger partial charge in [-0.1, -0.05) is 6.58 Å². The van der Waals surface area contributed by atoms with Crippen LogP contribution in [0.5, 0.6) is 0 Å². The number of nitriles is 1. The SMILES string of the molecule is C=C/C(F)=C(/CNc1ncc(-c2cccn(C)c2=O)c2nc(C#N)cn12)C1=C(C)OCC1. The van der Waals surface area contributed by atoms with Gasteiger partial charge in [-0.3, -0.25) is 9.20 Å². The molecule has 4 rings (SSSR count). The van der Waals surface area contributed by atoms with Gasteiger partial charge in [0, 0.05) is 49.1 Å². The van der Waals surface area contributed by atoms with E-state index in [0.29, 0.717) is 47.1 Å². The maximum absolute atomic E-state index is 14.6. The van der Waals surface area contributed by atoms with Crippen LogP contribution in [0.1, 0.15) is 19.0 Å². The third-order valence-corrected chi connectivity index (χ3v) is 5.37. The molecule has 0 atom stereocenters. The first-order chi connectivity index (χ1) is 15.4. The number of ether oxygens (including phenoxy) is 1. The number of nitrogens with zero attached hydrogens (tertiary/aromatic N) is 5. The molecule has 3 aromatic rings. The lowest BCUT2D eigenvalue weighted by molar-refractivity contribution is 0.246. The van der Waals surface area contributed by atoms with Gasteiger partial charge in [0.15, 0.2) is 11.3 Å². The second-order valence-electron chi connectivity index (χ2n) is 7.28. The minimum absolute atomic E-state index is 0.127. The van der Waals surface area contributed by atoms with Gasteiger partial charge >= 0.3 is 0 Å². The molecule has 9 heteroatoms. The lowest BCUT2D eigenvalue weighted by atomic mass is 10.0. The molecule has 0 aliphatic carbocycles. The Kier molecular flexibility index (Phi) is 5.60. The monoisotopic (exact) mass is 432 g/mol. The second kappa shape index (κ2) is 8.51. The molecule has 32 heavy (non-hydrogen) atoms. The number of aromatic nitrogens is 4. The number of aryl methyl sites for hydroxylation is 1. The van der Waals surface area contributed by atoms with Gasteiger partial charge in [0.2, 0.25) is 5.95 Å². The molecular formula is C23H21FN6O2. The average Bonchev–Trinajstić information content (AvgIpc) is 3.42. The molecule has 0 saturated carbocycles. The van der Waals surface area contributed by atoms with Crippen molar-refractivity contribution in [2.24, 2.45) is 7.05 Å². The zero-order chi connectivity index (χ0) is 22.8. The van der Waals surface area contributed by atoms with E-state index < -0.39 is 5.83 Å². The predicted molar refractivity (Wildman–Crippen MR) is 118 cm³/mol. The summed E-state index contributed by atoms with van der Waals surface area (Å²) in [5.41, 5.74) is 2.50. The smallest absolute Gasteiger partial charge is 0.258 e. The van der Waals surface area contributed by atoms with Gasteiger partial charge in [-0.25, -0.2) is 14.4 Å². The Morgan fingerprint density at radius 3 is 2.97 bits per heavy atom. The van der Waals surface area contributed by atoms with E-state index in [1.165, 1.54) is 17.0 Å². The minimum Gasteiger partial charge on any atom is -0.498 e. The number of fused-ring (bicyclic) bond motifs is 1. The van der Waals surface area contributed by atoms with E-state index in [2.05, 4.69) is 21.9 Å². The summed E-state index contributed by atoms with van der Waals surface area (Å²) in [6, 6.07) is 5.45. The lowest BCUT2D eigenvalue weighted by Gasteiger charge is -2.14. The summed E-state index contributed by atoms with van der Waals surface area (Å²) in [4.78, 5) is 21.4. The van der Waals surface area contributed by atoms with E-state index in [-0.39, 0.29) is 17.8 Å². The van der Waals surface area contributed by atoms with Crippen molar-refractivity contribution in [2.45, 2.75) is 13.3 Å². The first kappa shape index (κ1) is 21.1. The molecule has 1 N–H and O–H groups in total. The van der Waals surface area contributed by atoms with Crippen LogP contribution in [0, 0.1) is 11.3 Å². The maximum atomic E-state index is 14.6. The Bertz CT molecular complexity index is 1390. The van der Waals surface area contributed by atoms with Crippen molar-refractivity contribution in [1.29, 1.82) is 5.26 Å². The average molecular weight is 432 g/mol. The van der Waals surface area contributed by atoms with E-state index in [4.69, 9.17) is 4.74 Å². The van der Waals surface area contributed by atoms with Crippen LogP contribution in [0.4, 0.5) is 10.3 Å². The highest BCUT2D eigenvalue weighted by Gasteiger charge is 2.21. The van der Waals surface area contributed by atoms with E-state index in [0.717, 1.165) is 11.6 Å². The van der Waals surface area contributed by atoms with Crippen LogP contribution in [0.2, 0.25) is 0 Å². The van der Waals surface area contributed by atoms with Crippen molar-refractivity contribution in [1.82, 2.24) is 18.9 Å². The summed E-state index contributed by atoms with van der Waals surface area (Å²) in [6.45, 7) is 5.97. The summed E-state index contributed by atoms with van der Waals surface area (Å²) >= 11 is 0. The molecule has 1 aliphatic rings. The Morgan fingerprint density at radius 2 is 2.28 bits per heavy atom. The van der Waals surface area contributed by atoms with Crippen molar-refractivity contribution in [2.75, 3.05) is 18.5 Å². The summed E-state index contributed by atoms with van der Waals surface area (Å²) in [5, 5.41) is 12.5. The molecular weight excluding hydrogens is 411 g/mol. The molecule has 0 aromatic carbocycles. The fourth-order valence-electron chi connectivity index (χ4n) is 3.71. The third-order valence-electron chi connectivity index (χ3n) is 5.37. The highest BCUT2D eigenvalue weighted by Crippen LogP contribution is 2.29. The van der Waals surface area contributed by atoms with Crippen LogP contribution in [0.15, 0.2) is 70.9 Å². The molecule has 0 bridgehead atoms. The van der Waals surface area contributed by atoms with Gasteiger partial charge < -0.3 is 14.6 Å². The van der Waals surface area contributed by atoms with Crippen molar-refractivity contribution >= 4 is 11.6 Å². The van der Waals surface area contributed by atoms with Crippen molar-refractivity contribution in [3.8, 4) is 17.2 Å². The minimum atomic E-state index is -0.443. The number of allylic oxidation sites excluding steroid dienone is 3. The zero-order valence-electron chi connectivity index (χ0n) is 17.7. The fraction of sp³-hybridized carbons (Fsp3) is 0.217. The van der Waals surface area contributed by atoms with Crippen molar-refractivity contribution in [3.63, 3.8) is 0 Å². The number of imidazole rings is 1. The Hall–Kier alpha value is -4.19. The zero-order valence-corrected chi connectivity index (χ0v) is 17.7. The number of hydrogen-bond donors (Lipinski definition) is 1. The predicted octanol–water partition coefficient (Wildman–Crippen LogP) is 3.48. The highest BCUT2D eigenvalue weighted by molar-refractivity contribution is 5.78. The third kappa shape index (κ3) is 3.67. The normalized spacial score (nSPS) is 14.2. The van der Waals surface area contributed by atoms with Crippen LogP contribution in [0.3, 0.4) is 0 Å². The molecule has 1 aliphatic heterocycles. The van der Waals surface area contributed by atoms with Crippen LogP contribution in [-0.2, 0) is 11.8 Å². The largest absolute Gasteiger partial charge is 0.498 e.